The van der Waals surface area contributed by atoms with Crippen molar-refractivity contribution in [2.45, 2.75) is 0 Å². The van der Waals surface area contributed by atoms with E-state index in [1.165, 1.54) is 40.4 Å². The minimum absolute atomic E-state index is 0.0286. The first-order valence-corrected chi connectivity index (χ1v) is 9.09. The fraction of sp³-hybridized carbons (Fsp3) is 0. The van der Waals surface area contributed by atoms with Crippen molar-refractivity contribution in [1.82, 2.24) is 30.7 Å². The summed E-state index contributed by atoms with van der Waals surface area (Å²) in [6, 6.07) is 9.53. The van der Waals surface area contributed by atoms with Crippen LogP contribution in [0.5, 0.6) is 0 Å². The predicted molar refractivity (Wildman–Crippen MR) is 105 cm³/mol. The number of aromatic nitrogens is 5. The number of carbonyl (C=O) groups excluding carboxylic acids is 1. The van der Waals surface area contributed by atoms with Crippen LogP contribution in [0, 0.1) is 10.1 Å². The minimum atomic E-state index is -0.686. The second-order valence-electron chi connectivity index (χ2n) is 5.66. The van der Waals surface area contributed by atoms with E-state index in [9.17, 15) is 14.9 Å². The number of thiophene rings is 1. The highest BCUT2D eigenvalue weighted by Gasteiger charge is 2.25. The molecule has 0 saturated carbocycles. The van der Waals surface area contributed by atoms with Gasteiger partial charge in [0, 0.05) is 6.07 Å². The predicted octanol–water partition coefficient (Wildman–Crippen LogP) is 1.63. The number of para-hydroxylation sites is 1. The van der Waals surface area contributed by atoms with Gasteiger partial charge in [0.1, 0.15) is 5.69 Å². The highest BCUT2D eigenvalue weighted by molar-refractivity contribution is 7.13. The topological polar surface area (TPSA) is 180 Å². The van der Waals surface area contributed by atoms with Crippen molar-refractivity contribution in [1.29, 1.82) is 0 Å². The molecule has 30 heavy (non-hydrogen) atoms. The summed E-state index contributed by atoms with van der Waals surface area (Å²) in [7, 11) is 0. The molecular formula is C16H11N9O4S. The number of anilines is 1. The number of benzene rings is 1. The van der Waals surface area contributed by atoms with Gasteiger partial charge in [0.15, 0.2) is 5.69 Å². The summed E-state index contributed by atoms with van der Waals surface area (Å²) in [5, 5.41) is 31.7. The van der Waals surface area contributed by atoms with Crippen molar-refractivity contribution in [3.05, 3.63) is 63.1 Å². The van der Waals surface area contributed by atoms with E-state index < -0.39 is 10.8 Å². The number of carbonyl (C=O) groups is 1. The summed E-state index contributed by atoms with van der Waals surface area (Å²) in [5.74, 6) is -0.637. The second kappa shape index (κ2) is 7.88. The number of nitrogens with zero attached hydrogens (tertiary/aromatic N) is 7. The van der Waals surface area contributed by atoms with Crippen LogP contribution in [0.25, 0.3) is 16.4 Å². The molecule has 1 aromatic carbocycles. The van der Waals surface area contributed by atoms with Crippen LogP contribution >= 0.6 is 11.3 Å². The Balaban J connectivity index is 1.65. The first kappa shape index (κ1) is 18.9. The van der Waals surface area contributed by atoms with Gasteiger partial charge in [-0.2, -0.15) is 9.78 Å². The van der Waals surface area contributed by atoms with Gasteiger partial charge in [0.25, 0.3) is 11.6 Å². The van der Waals surface area contributed by atoms with Crippen molar-refractivity contribution < 1.29 is 14.3 Å². The summed E-state index contributed by atoms with van der Waals surface area (Å²) >= 11 is 1.34. The molecule has 3 N–H and O–H groups in total. The zero-order valence-corrected chi connectivity index (χ0v) is 15.7. The van der Waals surface area contributed by atoms with Crippen LogP contribution in [-0.4, -0.2) is 42.4 Å². The van der Waals surface area contributed by atoms with Gasteiger partial charge >= 0.3 is 0 Å². The SMILES string of the molecule is Nc1nonc1-n1nnc(C(=O)N/N=C/c2ccccc2[N+](=O)[O-])c1-c1cccs1. The molecule has 3 aromatic heterocycles. The van der Waals surface area contributed by atoms with Gasteiger partial charge in [-0.3, -0.25) is 14.9 Å². The maximum atomic E-state index is 12.7. The average Bonchev–Trinajstić information content (AvgIpc) is 3.48. The van der Waals surface area contributed by atoms with Crippen molar-refractivity contribution in [3.63, 3.8) is 0 Å². The molecule has 0 spiro atoms. The van der Waals surface area contributed by atoms with Crippen molar-refractivity contribution in [2.24, 2.45) is 5.10 Å². The molecule has 0 saturated heterocycles. The molecule has 0 unspecified atom stereocenters. The molecule has 3 heterocycles. The van der Waals surface area contributed by atoms with Crippen LogP contribution in [0.15, 0.2) is 51.5 Å². The van der Waals surface area contributed by atoms with Crippen LogP contribution in [0.2, 0.25) is 0 Å². The highest BCUT2D eigenvalue weighted by atomic mass is 32.1. The number of nitrogens with two attached hydrogens (primary N) is 1. The number of rotatable bonds is 6. The minimum Gasteiger partial charge on any atom is -0.378 e. The molecule has 0 radical (unpaired) electrons. The fourth-order valence-corrected chi connectivity index (χ4v) is 3.29. The number of nitro benzene ring substituents is 1. The van der Waals surface area contributed by atoms with Crippen molar-refractivity contribution in [2.75, 3.05) is 5.73 Å². The molecule has 13 nitrogen and oxygen atoms in total. The van der Waals surface area contributed by atoms with E-state index in [1.54, 1.807) is 18.2 Å². The van der Waals surface area contributed by atoms with Gasteiger partial charge in [0.2, 0.25) is 11.6 Å². The Kier molecular flexibility index (Phi) is 4.96. The van der Waals surface area contributed by atoms with E-state index in [4.69, 9.17) is 5.73 Å². The van der Waals surface area contributed by atoms with Gasteiger partial charge in [-0.05, 0) is 27.8 Å². The third kappa shape index (κ3) is 3.49. The maximum Gasteiger partial charge on any atom is 0.294 e. The molecule has 150 valence electrons. The van der Waals surface area contributed by atoms with Crippen LogP contribution in [0.3, 0.4) is 0 Å². The van der Waals surface area contributed by atoms with Gasteiger partial charge < -0.3 is 5.73 Å². The van der Waals surface area contributed by atoms with E-state index >= 15 is 0 Å². The summed E-state index contributed by atoms with van der Waals surface area (Å²) < 4.78 is 5.83. The third-order valence-corrected chi connectivity index (χ3v) is 4.72. The lowest BCUT2D eigenvalue weighted by molar-refractivity contribution is -0.385. The molecular weight excluding hydrogens is 414 g/mol. The summed E-state index contributed by atoms with van der Waals surface area (Å²) in [4.78, 5) is 23.9. The maximum absolute atomic E-state index is 12.7. The second-order valence-corrected chi connectivity index (χ2v) is 6.61. The first-order chi connectivity index (χ1) is 14.6. The van der Waals surface area contributed by atoms with Crippen LogP contribution < -0.4 is 11.2 Å². The van der Waals surface area contributed by atoms with E-state index in [2.05, 4.69) is 35.8 Å². The summed E-state index contributed by atoms with van der Waals surface area (Å²) in [6.07, 6.45) is 1.17. The number of nitrogen functional groups attached to an aromatic ring is 1. The average molecular weight is 425 g/mol. The third-order valence-electron chi connectivity index (χ3n) is 3.84. The fourth-order valence-electron chi connectivity index (χ4n) is 2.53. The number of hydrogen-bond donors (Lipinski definition) is 2. The zero-order chi connectivity index (χ0) is 21.1. The molecule has 0 fully saturated rings. The molecule has 1 amide bonds. The number of hydrogen-bond acceptors (Lipinski definition) is 11. The van der Waals surface area contributed by atoms with Crippen LogP contribution in [0.1, 0.15) is 16.1 Å². The monoisotopic (exact) mass is 425 g/mol. The largest absolute Gasteiger partial charge is 0.378 e. The van der Waals surface area contributed by atoms with E-state index in [0.717, 1.165) is 0 Å². The Bertz CT molecular complexity index is 1250. The molecule has 0 bridgehead atoms. The molecule has 0 atom stereocenters. The quantitative estimate of drug-likeness (QED) is 0.263. The van der Waals surface area contributed by atoms with E-state index in [0.29, 0.717) is 10.6 Å². The lowest BCUT2D eigenvalue weighted by atomic mass is 10.2. The van der Waals surface area contributed by atoms with Gasteiger partial charge in [-0.15, -0.1) is 16.4 Å². The molecule has 0 aliphatic rings. The lowest BCUT2D eigenvalue weighted by Gasteiger charge is -2.03. The van der Waals surface area contributed by atoms with Crippen molar-refractivity contribution >= 4 is 35.0 Å². The normalized spacial score (nSPS) is 11.1. The smallest absolute Gasteiger partial charge is 0.294 e. The van der Waals surface area contributed by atoms with Crippen molar-refractivity contribution in [3.8, 4) is 16.4 Å². The van der Waals surface area contributed by atoms with Gasteiger partial charge in [-0.1, -0.05) is 23.4 Å². The van der Waals surface area contributed by atoms with Gasteiger partial charge in [-0.25, -0.2) is 10.1 Å². The molecule has 0 aliphatic heterocycles. The zero-order valence-electron chi connectivity index (χ0n) is 14.9. The highest BCUT2D eigenvalue weighted by Crippen LogP contribution is 2.29. The Morgan fingerprint density at radius 2 is 2.13 bits per heavy atom. The van der Waals surface area contributed by atoms with E-state index in [-0.39, 0.29) is 28.6 Å². The standard InChI is InChI=1S/C16H11N9O4S/c17-14-15(22-29-21-14)24-13(11-6-3-7-30-11)12(19-23-24)16(26)20-18-8-9-4-1-2-5-10(9)25(27)28/h1-8H,(H2,17,21)(H,20,26)/b18-8+. The van der Waals surface area contributed by atoms with Gasteiger partial charge in [0.05, 0.1) is 21.6 Å². The van der Waals surface area contributed by atoms with Crippen LogP contribution in [-0.2, 0) is 0 Å². The molecule has 0 aliphatic carbocycles. The van der Waals surface area contributed by atoms with E-state index in [1.807, 2.05) is 5.38 Å². The summed E-state index contributed by atoms with van der Waals surface area (Å²) in [6.45, 7) is 0. The Hall–Kier alpha value is -4.46. The van der Waals surface area contributed by atoms with Crippen LogP contribution in [0.4, 0.5) is 11.5 Å². The molecule has 4 rings (SSSR count). The Morgan fingerprint density at radius 1 is 1.30 bits per heavy atom. The number of nitrogens with one attached hydrogen (secondary N) is 1. The molecule has 14 heteroatoms. The lowest BCUT2D eigenvalue weighted by Crippen LogP contribution is -2.19. The summed E-state index contributed by atoms with van der Waals surface area (Å²) in [5.41, 5.74) is 8.37. The molecule has 4 aromatic rings. The number of hydrazone groups is 1. The number of nitro groups is 1. The Morgan fingerprint density at radius 3 is 2.83 bits per heavy atom. The Labute approximate surface area is 170 Å². The number of amides is 1. The first-order valence-electron chi connectivity index (χ1n) is 8.21.